The molecule has 0 saturated heterocycles. The van der Waals surface area contributed by atoms with Crippen molar-refractivity contribution in [3.8, 4) is 0 Å². The molecule has 0 fully saturated rings. The van der Waals surface area contributed by atoms with E-state index in [-0.39, 0.29) is 17.1 Å². The first kappa shape index (κ1) is 19.4. The first-order chi connectivity index (χ1) is 14.0. The number of thiophene rings is 1. The van der Waals surface area contributed by atoms with Crippen molar-refractivity contribution in [3.05, 3.63) is 61.8 Å². The van der Waals surface area contributed by atoms with Crippen LogP contribution in [0.25, 0.3) is 11.0 Å². The van der Waals surface area contributed by atoms with E-state index in [0.717, 1.165) is 41.7 Å². The van der Waals surface area contributed by atoms with Gasteiger partial charge in [0, 0.05) is 17.5 Å². The molecule has 0 aliphatic heterocycles. The third kappa shape index (κ3) is 3.58. The molecule has 0 saturated carbocycles. The zero-order valence-corrected chi connectivity index (χ0v) is 17.2. The first-order valence-electron chi connectivity index (χ1n) is 9.77. The third-order valence-corrected chi connectivity index (χ3v) is 6.35. The number of anilines is 1. The lowest BCUT2D eigenvalue weighted by Crippen LogP contribution is -2.25. The Morgan fingerprint density at radius 3 is 2.76 bits per heavy atom. The highest BCUT2D eigenvalue weighted by atomic mass is 32.1. The molecule has 2 N–H and O–H groups in total. The average molecular weight is 410 g/mol. The van der Waals surface area contributed by atoms with Gasteiger partial charge in [0.15, 0.2) is 11.2 Å². The van der Waals surface area contributed by atoms with Crippen molar-refractivity contribution in [3.63, 3.8) is 0 Å². The van der Waals surface area contributed by atoms with E-state index < -0.39 is 5.91 Å². The van der Waals surface area contributed by atoms with Crippen LogP contribution in [0.5, 0.6) is 0 Å². The van der Waals surface area contributed by atoms with E-state index in [9.17, 15) is 14.4 Å². The molecule has 2 aromatic heterocycles. The van der Waals surface area contributed by atoms with E-state index in [2.05, 4.69) is 10.6 Å². The standard InChI is InChI=1S/C22H22N2O4S/c1-3-23-21(27)18-14-8-4-5-10-17(14)29-22(18)24-20(26)16-11-15(25)13-9-6-7-12(2)19(13)28-16/h6-7,9,11H,3-5,8,10H2,1-2H3,(H,23,27)(H,24,26). The molecular formula is C22H22N2O4S. The van der Waals surface area contributed by atoms with Crippen molar-refractivity contribution in [1.29, 1.82) is 0 Å². The van der Waals surface area contributed by atoms with Gasteiger partial charge in [-0.15, -0.1) is 11.3 Å². The number of carbonyl (C=O) groups is 2. The van der Waals surface area contributed by atoms with Crippen LogP contribution in [-0.4, -0.2) is 18.4 Å². The molecule has 2 amide bonds. The van der Waals surface area contributed by atoms with E-state index >= 15 is 0 Å². The van der Waals surface area contributed by atoms with Crippen LogP contribution in [0.1, 0.15) is 56.7 Å². The molecule has 3 aromatic rings. The van der Waals surface area contributed by atoms with Gasteiger partial charge < -0.3 is 15.1 Å². The number of benzene rings is 1. The fourth-order valence-corrected chi connectivity index (χ4v) is 5.02. The Hall–Kier alpha value is -2.93. The average Bonchev–Trinajstić information content (AvgIpc) is 3.06. The first-order valence-corrected chi connectivity index (χ1v) is 10.6. The predicted octanol–water partition coefficient (Wildman–Crippen LogP) is 4.04. The Bertz CT molecular complexity index is 1180. The summed E-state index contributed by atoms with van der Waals surface area (Å²) in [6.07, 6.45) is 3.85. The normalized spacial score (nSPS) is 13.2. The minimum Gasteiger partial charge on any atom is -0.450 e. The van der Waals surface area contributed by atoms with Gasteiger partial charge in [-0.25, -0.2) is 0 Å². The number of rotatable bonds is 4. The Balaban J connectivity index is 1.73. The smallest absolute Gasteiger partial charge is 0.292 e. The van der Waals surface area contributed by atoms with Crippen molar-refractivity contribution in [1.82, 2.24) is 5.32 Å². The van der Waals surface area contributed by atoms with Gasteiger partial charge in [-0.3, -0.25) is 14.4 Å². The van der Waals surface area contributed by atoms with Crippen LogP contribution >= 0.6 is 11.3 Å². The van der Waals surface area contributed by atoms with E-state index in [0.29, 0.717) is 28.1 Å². The van der Waals surface area contributed by atoms with Crippen molar-refractivity contribution >= 4 is 39.1 Å². The lowest BCUT2D eigenvalue weighted by atomic mass is 9.95. The molecule has 0 radical (unpaired) electrons. The highest BCUT2D eigenvalue weighted by molar-refractivity contribution is 7.17. The SMILES string of the molecule is CCNC(=O)c1c(NC(=O)c2cc(=O)c3cccc(C)c3o2)sc2c1CCCC2. The van der Waals surface area contributed by atoms with Crippen molar-refractivity contribution in [2.75, 3.05) is 11.9 Å². The fourth-order valence-electron chi connectivity index (χ4n) is 3.74. The number of para-hydroxylation sites is 1. The molecule has 0 unspecified atom stereocenters. The van der Waals surface area contributed by atoms with Crippen molar-refractivity contribution in [2.45, 2.75) is 39.5 Å². The van der Waals surface area contributed by atoms with E-state index in [4.69, 9.17) is 4.42 Å². The van der Waals surface area contributed by atoms with E-state index in [1.165, 1.54) is 17.4 Å². The van der Waals surface area contributed by atoms with E-state index in [1.807, 2.05) is 19.9 Å². The predicted molar refractivity (Wildman–Crippen MR) is 114 cm³/mol. The second-order valence-electron chi connectivity index (χ2n) is 7.16. The lowest BCUT2D eigenvalue weighted by Gasteiger charge is -2.12. The van der Waals surface area contributed by atoms with Crippen LogP contribution < -0.4 is 16.1 Å². The number of aryl methyl sites for hydroxylation is 2. The number of fused-ring (bicyclic) bond motifs is 2. The maximum atomic E-state index is 12.9. The summed E-state index contributed by atoms with van der Waals surface area (Å²) in [7, 11) is 0. The number of hydrogen-bond donors (Lipinski definition) is 2. The van der Waals surface area contributed by atoms with Crippen LogP contribution in [-0.2, 0) is 12.8 Å². The molecule has 29 heavy (non-hydrogen) atoms. The summed E-state index contributed by atoms with van der Waals surface area (Å²) >= 11 is 1.44. The molecule has 1 aromatic carbocycles. The van der Waals surface area contributed by atoms with Crippen LogP contribution in [0.2, 0.25) is 0 Å². The summed E-state index contributed by atoms with van der Waals surface area (Å²) < 4.78 is 5.75. The zero-order chi connectivity index (χ0) is 20.5. The van der Waals surface area contributed by atoms with Gasteiger partial charge in [-0.1, -0.05) is 12.1 Å². The minimum absolute atomic E-state index is 0.0648. The van der Waals surface area contributed by atoms with Gasteiger partial charge in [0.2, 0.25) is 0 Å². The summed E-state index contributed by atoms with van der Waals surface area (Å²) in [4.78, 5) is 39.1. The molecule has 1 aliphatic carbocycles. The highest BCUT2D eigenvalue weighted by Gasteiger charge is 2.27. The van der Waals surface area contributed by atoms with Gasteiger partial charge in [-0.2, -0.15) is 0 Å². The summed E-state index contributed by atoms with van der Waals surface area (Å²) in [6, 6.07) is 6.49. The van der Waals surface area contributed by atoms with Crippen LogP contribution in [0.3, 0.4) is 0 Å². The second-order valence-corrected chi connectivity index (χ2v) is 8.26. The molecule has 0 spiro atoms. The Morgan fingerprint density at radius 1 is 1.17 bits per heavy atom. The molecule has 7 heteroatoms. The Morgan fingerprint density at radius 2 is 1.97 bits per heavy atom. The quantitative estimate of drug-likeness (QED) is 0.679. The summed E-state index contributed by atoms with van der Waals surface area (Å²) in [5, 5.41) is 6.61. The molecule has 150 valence electrons. The molecule has 0 bridgehead atoms. The topological polar surface area (TPSA) is 88.4 Å². The summed E-state index contributed by atoms with van der Waals surface area (Å²) in [6.45, 7) is 4.20. The molecule has 1 aliphatic rings. The number of hydrogen-bond acceptors (Lipinski definition) is 5. The van der Waals surface area contributed by atoms with Gasteiger partial charge in [0.25, 0.3) is 11.8 Å². The maximum absolute atomic E-state index is 12.9. The van der Waals surface area contributed by atoms with Crippen molar-refractivity contribution < 1.29 is 14.0 Å². The fraction of sp³-hybridized carbons (Fsp3) is 0.318. The largest absolute Gasteiger partial charge is 0.450 e. The van der Waals surface area contributed by atoms with Gasteiger partial charge >= 0.3 is 0 Å². The van der Waals surface area contributed by atoms with Gasteiger partial charge in [0.05, 0.1) is 10.9 Å². The van der Waals surface area contributed by atoms with Gasteiger partial charge in [0.1, 0.15) is 10.6 Å². The van der Waals surface area contributed by atoms with Crippen LogP contribution in [0.4, 0.5) is 5.00 Å². The number of amides is 2. The summed E-state index contributed by atoms with van der Waals surface area (Å²) in [5.41, 5.74) is 2.48. The molecule has 0 atom stereocenters. The number of nitrogens with one attached hydrogen (secondary N) is 2. The van der Waals surface area contributed by atoms with Gasteiger partial charge in [-0.05, 0) is 56.7 Å². The Kier molecular flexibility index (Phi) is 5.24. The maximum Gasteiger partial charge on any atom is 0.292 e. The lowest BCUT2D eigenvalue weighted by molar-refractivity contribution is 0.0956. The number of carbonyl (C=O) groups excluding carboxylic acids is 2. The van der Waals surface area contributed by atoms with Crippen LogP contribution in [0.15, 0.2) is 33.5 Å². The van der Waals surface area contributed by atoms with Crippen LogP contribution in [0, 0.1) is 6.92 Å². The zero-order valence-electron chi connectivity index (χ0n) is 16.4. The highest BCUT2D eigenvalue weighted by Crippen LogP contribution is 2.38. The second kappa shape index (κ2) is 7.83. The monoisotopic (exact) mass is 410 g/mol. The minimum atomic E-state index is -0.531. The van der Waals surface area contributed by atoms with E-state index in [1.54, 1.807) is 12.1 Å². The molecule has 4 rings (SSSR count). The Labute approximate surface area is 171 Å². The molecular weight excluding hydrogens is 388 g/mol. The summed E-state index contributed by atoms with van der Waals surface area (Å²) in [5.74, 6) is -0.778. The molecule has 2 heterocycles. The van der Waals surface area contributed by atoms with Crippen molar-refractivity contribution in [2.24, 2.45) is 0 Å². The third-order valence-electron chi connectivity index (χ3n) is 5.14. The molecule has 6 nitrogen and oxygen atoms in total.